The van der Waals surface area contributed by atoms with Crippen LogP contribution < -0.4 is 0 Å². The minimum Gasteiger partial charge on any atom is -0.456 e. The Morgan fingerprint density at radius 2 is 1.28 bits per heavy atom. The monoisotopic (exact) mass is 726 g/mol. The van der Waals surface area contributed by atoms with Crippen molar-refractivity contribution < 1.29 is 69.6 Å². The predicted octanol–water partition coefficient (Wildman–Crippen LogP) is 8.38. The van der Waals surface area contributed by atoms with Crippen LogP contribution in [0.4, 0.5) is 26.3 Å². The molecular formula is C35H48F6O9. The first-order valence-corrected chi connectivity index (χ1v) is 18.3. The number of hydrogen-bond donors (Lipinski definition) is 0. The summed E-state index contributed by atoms with van der Waals surface area (Å²) < 4.78 is 119. The van der Waals surface area contributed by atoms with Gasteiger partial charge in [-0.25, -0.2) is 19.6 Å². The molecule has 0 aromatic heterocycles. The fourth-order valence-corrected chi connectivity index (χ4v) is 11.2. The van der Waals surface area contributed by atoms with Crippen LogP contribution in [0.25, 0.3) is 0 Å². The van der Waals surface area contributed by atoms with Crippen molar-refractivity contribution in [2.45, 2.75) is 159 Å². The Balaban J connectivity index is 1.03. The normalized spacial score (nSPS) is 51.4. The van der Waals surface area contributed by atoms with Crippen LogP contribution in [0.5, 0.6) is 0 Å². The molecule has 0 N–H and O–H groups in total. The summed E-state index contributed by atoms with van der Waals surface area (Å²) in [6.07, 6.45) is -7.94. The zero-order valence-electron chi connectivity index (χ0n) is 29.1. The van der Waals surface area contributed by atoms with Crippen LogP contribution in [-0.2, 0) is 43.2 Å². The van der Waals surface area contributed by atoms with Crippen molar-refractivity contribution in [1.29, 1.82) is 0 Å². The third kappa shape index (κ3) is 5.02. The van der Waals surface area contributed by atoms with E-state index in [4.69, 9.17) is 43.2 Å². The zero-order valence-corrected chi connectivity index (χ0v) is 29.1. The molecule has 4 bridgehead atoms. The van der Waals surface area contributed by atoms with Gasteiger partial charge in [0.1, 0.15) is 0 Å². The smallest absolute Gasteiger partial charge is 0.448 e. The van der Waals surface area contributed by atoms with Crippen molar-refractivity contribution in [1.82, 2.24) is 0 Å². The molecule has 0 amide bonds. The summed E-state index contributed by atoms with van der Waals surface area (Å²) in [5.74, 6) is -9.14. The molecular weight excluding hydrogens is 678 g/mol. The maximum atomic E-state index is 15.2. The number of ether oxygens (including phenoxy) is 5. The number of hydrogen-bond acceptors (Lipinski definition) is 9. The number of halogens is 6. The quantitative estimate of drug-likeness (QED) is 0.152. The van der Waals surface area contributed by atoms with Crippen molar-refractivity contribution in [3.05, 3.63) is 11.3 Å². The average molecular weight is 727 g/mol. The Labute approximate surface area is 287 Å². The lowest BCUT2D eigenvalue weighted by molar-refractivity contribution is -0.598. The van der Waals surface area contributed by atoms with E-state index in [1.165, 1.54) is 6.92 Å². The zero-order chi connectivity index (χ0) is 35.7. The fourth-order valence-electron chi connectivity index (χ4n) is 11.2. The van der Waals surface area contributed by atoms with Crippen LogP contribution in [0.3, 0.4) is 0 Å². The van der Waals surface area contributed by atoms with E-state index in [0.717, 1.165) is 0 Å². The van der Waals surface area contributed by atoms with Gasteiger partial charge >= 0.3 is 12.4 Å². The molecule has 0 aromatic rings. The third-order valence-corrected chi connectivity index (χ3v) is 13.7. The van der Waals surface area contributed by atoms with E-state index in [-0.39, 0.29) is 48.5 Å². The van der Waals surface area contributed by atoms with Crippen LogP contribution in [0, 0.1) is 41.4 Å². The molecule has 8 aliphatic heterocycles. The SMILES string of the molecule is C[C@@H]1CC[C@H]2C(CCCCO[C@@]3(C(F)(F)F)O[C@@H]4O[C@]5(C)CCC6[C@H](C)CC[C@@H]([C@H]3C)[C@]64OO5)=C(C(F)(F)F)O[C@@H]3O[C@@]4(C)CCC1[C@]32OO4. The molecule has 284 valence electrons. The van der Waals surface area contributed by atoms with E-state index in [2.05, 4.69) is 13.8 Å². The van der Waals surface area contributed by atoms with Gasteiger partial charge in [-0.2, -0.15) is 26.3 Å². The molecule has 8 heterocycles. The van der Waals surface area contributed by atoms with Gasteiger partial charge in [0.2, 0.25) is 23.6 Å². The van der Waals surface area contributed by atoms with Crippen LogP contribution in [0.15, 0.2) is 11.3 Å². The second-order valence-corrected chi connectivity index (χ2v) is 16.6. The predicted molar refractivity (Wildman–Crippen MR) is 159 cm³/mol. The van der Waals surface area contributed by atoms with Gasteiger partial charge in [-0.15, -0.1) is 0 Å². The summed E-state index contributed by atoms with van der Waals surface area (Å²) in [7, 11) is 0. The molecule has 9 fully saturated rings. The molecule has 50 heavy (non-hydrogen) atoms. The maximum absolute atomic E-state index is 15.2. The van der Waals surface area contributed by atoms with E-state index in [9.17, 15) is 13.2 Å². The number of fused-ring (bicyclic) bond motifs is 4. The topological polar surface area (TPSA) is 83.1 Å². The number of rotatable bonds is 6. The highest BCUT2D eigenvalue weighted by atomic mass is 19.4. The summed E-state index contributed by atoms with van der Waals surface area (Å²) in [6.45, 7) is 8.47. The highest BCUT2D eigenvalue weighted by Gasteiger charge is 2.77. The molecule has 14 atom stereocenters. The Morgan fingerprint density at radius 1 is 0.680 bits per heavy atom. The number of alkyl halides is 6. The number of unbranched alkanes of at least 4 members (excludes halogenated alkanes) is 1. The lowest BCUT2D eigenvalue weighted by Gasteiger charge is -2.62. The first-order valence-electron chi connectivity index (χ1n) is 18.3. The molecule has 2 saturated carbocycles. The molecule has 7 saturated heterocycles. The molecule has 2 aliphatic carbocycles. The summed E-state index contributed by atoms with van der Waals surface area (Å²) in [5.41, 5.74) is -2.44. The van der Waals surface area contributed by atoms with Gasteiger partial charge in [-0.05, 0) is 95.0 Å². The summed E-state index contributed by atoms with van der Waals surface area (Å²) in [6, 6.07) is 0. The molecule has 0 radical (unpaired) electrons. The first kappa shape index (κ1) is 35.8. The first-order chi connectivity index (χ1) is 23.4. The number of allylic oxidation sites excluding steroid dienone is 1. The van der Waals surface area contributed by atoms with Gasteiger partial charge in [0, 0.05) is 36.5 Å². The minimum absolute atomic E-state index is 0.0359. The molecule has 2 unspecified atom stereocenters. The van der Waals surface area contributed by atoms with E-state index in [1.54, 1.807) is 13.8 Å². The van der Waals surface area contributed by atoms with Gasteiger partial charge in [-0.3, -0.25) is 0 Å². The molecule has 15 heteroatoms. The Hall–Kier alpha value is -1.20. The van der Waals surface area contributed by atoms with Gasteiger partial charge in [0.25, 0.3) is 5.79 Å². The molecule has 10 aliphatic rings. The van der Waals surface area contributed by atoms with E-state index in [1.807, 2.05) is 0 Å². The summed E-state index contributed by atoms with van der Waals surface area (Å²) in [5, 5.41) is 0. The maximum Gasteiger partial charge on any atom is 0.448 e. The molecule has 10 rings (SSSR count). The van der Waals surface area contributed by atoms with Crippen LogP contribution >= 0.6 is 0 Å². The molecule has 0 aromatic carbocycles. The third-order valence-electron chi connectivity index (χ3n) is 13.7. The second kappa shape index (κ2) is 11.6. The highest BCUT2D eigenvalue weighted by molar-refractivity contribution is 5.28. The van der Waals surface area contributed by atoms with E-state index >= 15 is 13.2 Å². The second-order valence-electron chi connectivity index (χ2n) is 16.6. The summed E-state index contributed by atoms with van der Waals surface area (Å²) >= 11 is 0. The molecule has 9 nitrogen and oxygen atoms in total. The van der Waals surface area contributed by atoms with Gasteiger partial charge in [-0.1, -0.05) is 20.8 Å². The van der Waals surface area contributed by atoms with Crippen LogP contribution in [0.1, 0.15) is 105 Å². The van der Waals surface area contributed by atoms with Crippen molar-refractivity contribution in [2.75, 3.05) is 6.61 Å². The Kier molecular flexibility index (Phi) is 8.34. The van der Waals surface area contributed by atoms with Gasteiger partial charge in [0.05, 0.1) is 6.61 Å². The van der Waals surface area contributed by atoms with Gasteiger partial charge in [0.15, 0.2) is 17.5 Å². The Morgan fingerprint density at radius 3 is 1.92 bits per heavy atom. The van der Waals surface area contributed by atoms with Crippen LogP contribution in [0.2, 0.25) is 0 Å². The fraction of sp³-hybridized carbons (Fsp3) is 0.943. The van der Waals surface area contributed by atoms with Crippen LogP contribution in [-0.4, -0.2) is 60.1 Å². The largest absolute Gasteiger partial charge is 0.456 e. The van der Waals surface area contributed by atoms with Crippen molar-refractivity contribution >= 4 is 0 Å². The average Bonchev–Trinajstić information content (AvgIpc) is 3.41. The van der Waals surface area contributed by atoms with E-state index in [0.29, 0.717) is 51.4 Å². The van der Waals surface area contributed by atoms with Gasteiger partial charge < -0.3 is 23.7 Å². The summed E-state index contributed by atoms with van der Waals surface area (Å²) in [4.78, 5) is 23.5. The standard InChI is InChI=1S/C35H48F6O9/c1-18-9-11-24-20(3)33(35(39,40)41,46-28-31(24)22(18)13-16-30(5,45-28)48-49-31)42-17-7-6-8-21-25-12-10-19(2)23-14-15-29(4)44-27(32(23,25)50-47-29)43-26(21)34(36,37)38/h18-20,22-25,27-28H,6-17H2,1-5H3/t18-,19-,20-,22?,23?,24+,25+,27-,28+,29-,30+,31-,32-,33-/m1/s1. The lowest BCUT2D eigenvalue weighted by atomic mass is 9.57. The van der Waals surface area contributed by atoms with Crippen molar-refractivity contribution in [3.8, 4) is 0 Å². The highest BCUT2D eigenvalue weighted by Crippen LogP contribution is 2.65. The van der Waals surface area contributed by atoms with Crippen molar-refractivity contribution in [3.63, 3.8) is 0 Å². The van der Waals surface area contributed by atoms with Crippen molar-refractivity contribution in [2.24, 2.45) is 41.4 Å². The molecule has 2 spiro atoms. The van der Waals surface area contributed by atoms with E-state index < -0.39 is 83.6 Å². The minimum atomic E-state index is -4.94. The lowest BCUT2D eigenvalue weighted by Crippen LogP contribution is -2.76. The Bertz CT molecular complexity index is 1380.